The summed E-state index contributed by atoms with van der Waals surface area (Å²) in [5.41, 5.74) is -0.334. The molecule has 1 unspecified atom stereocenters. The van der Waals surface area contributed by atoms with Crippen LogP contribution in [0.2, 0.25) is 0 Å². The molecule has 0 amide bonds. The molecule has 1 fully saturated rings. The Morgan fingerprint density at radius 1 is 1.42 bits per heavy atom. The molecular formula is C11H20O. The highest BCUT2D eigenvalue weighted by molar-refractivity contribution is 4.92. The molecule has 1 aliphatic rings. The van der Waals surface area contributed by atoms with Gasteiger partial charge in [0.25, 0.3) is 0 Å². The standard InChI is InChI=1S/C11H20O/c1-3-6-10(2)9-11(12)7-4-5-8-11/h3,6,10,12H,4-5,7-9H2,1-2H3. The highest BCUT2D eigenvalue weighted by Crippen LogP contribution is 2.34. The molecule has 1 heteroatoms. The van der Waals surface area contributed by atoms with Crippen molar-refractivity contribution < 1.29 is 5.11 Å². The molecule has 1 aliphatic carbocycles. The van der Waals surface area contributed by atoms with Gasteiger partial charge in [0.15, 0.2) is 0 Å². The van der Waals surface area contributed by atoms with E-state index in [-0.39, 0.29) is 5.60 Å². The van der Waals surface area contributed by atoms with Crippen molar-refractivity contribution >= 4 is 0 Å². The predicted octanol–water partition coefficient (Wildman–Crippen LogP) is 2.89. The fourth-order valence-electron chi connectivity index (χ4n) is 2.23. The molecule has 0 spiro atoms. The molecule has 0 aromatic rings. The lowest BCUT2D eigenvalue weighted by atomic mass is 9.90. The van der Waals surface area contributed by atoms with Crippen LogP contribution in [0.1, 0.15) is 46.0 Å². The molecule has 1 saturated carbocycles. The zero-order valence-corrected chi connectivity index (χ0v) is 8.21. The molecular weight excluding hydrogens is 148 g/mol. The van der Waals surface area contributed by atoms with Gasteiger partial charge in [0.05, 0.1) is 5.60 Å². The van der Waals surface area contributed by atoms with Crippen LogP contribution in [0.4, 0.5) is 0 Å². The van der Waals surface area contributed by atoms with Crippen LogP contribution in [-0.4, -0.2) is 10.7 Å². The van der Waals surface area contributed by atoms with Gasteiger partial charge in [-0.15, -0.1) is 0 Å². The second-order valence-electron chi connectivity index (χ2n) is 4.14. The Morgan fingerprint density at radius 3 is 2.50 bits per heavy atom. The van der Waals surface area contributed by atoms with Crippen LogP contribution in [0.5, 0.6) is 0 Å². The van der Waals surface area contributed by atoms with Gasteiger partial charge in [-0.3, -0.25) is 0 Å². The molecule has 0 heterocycles. The van der Waals surface area contributed by atoms with Crippen molar-refractivity contribution in [3.05, 3.63) is 12.2 Å². The van der Waals surface area contributed by atoms with Crippen molar-refractivity contribution in [1.82, 2.24) is 0 Å². The maximum Gasteiger partial charge on any atom is 0.0653 e. The molecule has 0 saturated heterocycles. The van der Waals surface area contributed by atoms with Gasteiger partial charge in [-0.05, 0) is 32.1 Å². The SMILES string of the molecule is CC=CC(C)CC1(O)CCCC1. The highest BCUT2D eigenvalue weighted by Gasteiger charge is 2.31. The van der Waals surface area contributed by atoms with Crippen molar-refractivity contribution in [3.63, 3.8) is 0 Å². The lowest BCUT2D eigenvalue weighted by Gasteiger charge is -2.24. The number of hydrogen-bond acceptors (Lipinski definition) is 1. The van der Waals surface area contributed by atoms with Gasteiger partial charge in [-0.25, -0.2) is 0 Å². The van der Waals surface area contributed by atoms with Gasteiger partial charge in [-0.2, -0.15) is 0 Å². The lowest BCUT2D eigenvalue weighted by Crippen LogP contribution is -2.26. The van der Waals surface area contributed by atoms with Gasteiger partial charge < -0.3 is 5.11 Å². The minimum absolute atomic E-state index is 0.334. The van der Waals surface area contributed by atoms with Crippen molar-refractivity contribution in [2.45, 2.75) is 51.6 Å². The van der Waals surface area contributed by atoms with Crippen LogP contribution >= 0.6 is 0 Å². The summed E-state index contributed by atoms with van der Waals surface area (Å²) >= 11 is 0. The number of rotatable bonds is 3. The summed E-state index contributed by atoms with van der Waals surface area (Å²) in [6, 6.07) is 0. The Morgan fingerprint density at radius 2 is 2.00 bits per heavy atom. The van der Waals surface area contributed by atoms with Gasteiger partial charge in [0.2, 0.25) is 0 Å². The van der Waals surface area contributed by atoms with E-state index in [0.29, 0.717) is 5.92 Å². The van der Waals surface area contributed by atoms with Gasteiger partial charge in [0.1, 0.15) is 0 Å². The van der Waals surface area contributed by atoms with E-state index in [1.165, 1.54) is 12.8 Å². The summed E-state index contributed by atoms with van der Waals surface area (Å²) in [6.07, 6.45) is 9.62. The van der Waals surface area contributed by atoms with E-state index in [4.69, 9.17) is 0 Å². The van der Waals surface area contributed by atoms with E-state index in [1.54, 1.807) is 0 Å². The van der Waals surface area contributed by atoms with E-state index in [1.807, 2.05) is 6.92 Å². The number of aliphatic hydroxyl groups is 1. The molecule has 1 nitrogen and oxygen atoms in total. The van der Waals surface area contributed by atoms with Crippen LogP contribution in [-0.2, 0) is 0 Å². The van der Waals surface area contributed by atoms with E-state index in [2.05, 4.69) is 19.1 Å². The van der Waals surface area contributed by atoms with Crippen LogP contribution in [0.15, 0.2) is 12.2 Å². The second kappa shape index (κ2) is 4.08. The summed E-state index contributed by atoms with van der Waals surface area (Å²) in [5, 5.41) is 10.1. The molecule has 0 aromatic heterocycles. The van der Waals surface area contributed by atoms with Gasteiger partial charge in [-0.1, -0.05) is 31.9 Å². The van der Waals surface area contributed by atoms with Crippen LogP contribution in [0.25, 0.3) is 0 Å². The van der Waals surface area contributed by atoms with Crippen molar-refractivity contribution in [1.29, 1.82) is 0 Å². The molecule has 12 heavy (non-hydrogen) atoms. The Labute approximate surface area is 75.5 Å². The van der Waals surface area contributed by atoms with E-state index >= 15 is 0 Å². The summed E-state index contributed by atoms with van der Waals surface area (Å²) in [7, 11) is 0. The van der Waals surface area contributed by atoms with Crippen LogP contribution in [0.3, 0.4) is 0 Å². The van der Waals surface area contributed by atoms with Crippen molar-refractivity contribution in [2.24, 2.45) is 5.92 Å². The van der Waals surface area contributed by atoms with E-state index < -0.39 is 0 Å². The van der Waals surface area contributed by atoms with Crippen LogP contribution in [0, 0.1) is 5.92 Å². The molecule has 0 aliphatic heterocycles. The minimum atomic E-state index is -0.334. The predicted molar refractivity (Wildman–Crippen MR) is 52.0 cm³/mol. The molecule has 1 N–H and O–H groups in total. The summed E-state index contributed by atoms with van der Waals surface area (Å²) in [4.78, 5) is 0. The Bertz CT molecular complexity index is 154. The molecule has 1 rings (SSSR count). The Hall–Kier alpha value is -0.300. The summed E-state index contributed by atoms with van der Waals surface area (Å²) in [6.45, 7) is 4.21. The number of hydrogen-bond donors (Lipinski definition) is 1. The van der Waals surface area contributed by atoms with Crippen molar-refractivity contribution in [2.75, 3.05) is 0 Å². The maximum absolute atomic E-state index is 10.1. The first-order valence-corrected chi connectivity index (χ1v) is 5.01. The average molecular weight is 168 g/mol. The van der Waals surface area contributed by atoms with Crippen molar-refractivity contribution in [3.8, 4) is 0 Å². The summed E-state index contributed by atoms with van der Waals surface area (Å²) < 4.78 is 0. The zero-order chi connectivity index (χ0) is 9.03. The third kappa shape index (κ3) is 2.63. The first-order chi connectivity index (χ1) is 5.66. The van der Waals surface area contributed by atoms with Gasteiger partial charge >= 0.3 is 0 Å². The molecule has 0 aromatic carbocycles. The van der Waals surface area contributed by atoms with Gasteiger partial charge in [0, 0.05) is 0 Å². The Balaban J connectivity index is 2.38. The maximum atomic E-state index is 10.1. The third-order valence-electron chi connectivity index (χ3n) is 2.76. The minimum Gasteiger partial charge on any atom is -0.390 e. The Kier molecular flexibility index (Phi) is 3.33. The van der Waals surface area contributed by atoms with Crippen LogP contribution < -0.4 is 0 Å². The largest absolute Gasteiger partial charge is 0.390 e. The lowest BCUT2D eigenvalue weighted by molar-refractivity contribution is 0.0299. The topological polar surface area (TPSA) is 20.2 Å². The monoisotopic (exact) mass is 168 g/mol. The fraction of sp³-hybridized carbons (Fsp3) is 0.818. The normalized spacial score (nSPS) is 24.9. The first kappa shape index (κ1) is 9.79. The molecule has 0 radical (unpaired) electrons. The quantitative estimate of drug-likeness (QED) is 0.642. The molecule has 0 bridgehead atoms. The molecule has 70 valence electrons. The first-order valence-electron chi connectivity index (χ1n) is 5.01. The fourth-order valence-corrected chi connectivity index (χ4v) is 2.23. The van der Waals surface area contributed by atoms with E-state index in [9.17, 15) is 5.11 Å². The summed E-state index contributed by atoms with van der Waals surface area (Å²) in [5.74, 6) is 0.526. The van der Waals surface area contributed by atoms with E-state index in [0.717, 1.165) is 19.3 Å². The molecule has 1 atom stereocenters. The number of allylic oxidation sites excluding steroid dienone is 2. The zero-order valence-electron chi connectivity index (χ0n) is 8.21. The highest BCUT2D eigenvalue weighted by atomic mass is 16.3. The third-order valence-corrected chi connectivity index (χ3v) is 2.76. The smallest absolute Gasteiger partial charge is 0.0653 e. The average Bonchev–Trinajstić information content (AvgIpc) is 2.36. The second-order valence-corrected chi connectivity index (χ2v) is 4.14.